The molecule has 0 N–H and O–H groups in total. The molecule has 0 radical (unpaired) electrons. The van der Waals surface area contributed by atoms with Gasteiger partial charge in [-0.25, -0.2) is 0 Å². The molecule has 1 heterocycles. The van der Waals surface area contributed by atoms with Crippen molar-refractivity contribution in [1.82, 2.24) is 4.90 Å². The van der Waals surface area contributed by atoms with Gasteiger partial charge in [0.15, 0.2) is 0 Å². The lowest BCUT2D eigenvalue weighted by molar-refractivity contribution is -0.133. The van der Waals surface area contributed by atoms with E-state index in [1.807, 2.05) is 0 Å². The fourth-order valence-electron chi connectivity index (χ4n) is 8.98. The molecule has 29 heavy (non-hydrogen) atoms. The minimum absolute atomic E-state index is 0.271. The van der Waals surface area contributed by atoms with E-state index in [2.05, 4.69) is 25.7 Å². The van der Waals surface area contributed by atoms with E-state index in [0.29, 0.717) is 18.2 Å². The summed E-state index contributed by atoms with van der Waals surface area (Å²) < 4.78 is 5.68. The second-order valence-corrected chi connectivity index (χ2v) is 11.9. The summed E-state index contributed by atoms with van der Waals surface area (Å²) in [5.74, 6) is 6.57. The van der Waals surface area contributed by atoms with Gasteiger partial charge in [0.05, 0.1) is 19.3 Å². The predicted octanol–water partition coefficient (Wildman–Crippen LogP) is 5.18. The third kappa shape index (κ3) is 3.63. The zero-order valence-corrected chi connectivity index (χ0v) is 19.1. The molecule has 3 heteroatoms. The largest absolute Gasteiger partial charge is 0.376 e. The van der Waals surface area contributed by atoms with Gasteiger partial charge >= 0.3 is 0 Å². The van der Waals surface area contributed by atoms with Crippen molar-refractivity contribution in [3.05, 3.63) is 0 Å². The Balaban J connectivity index is 1.27. The molecule has 0 bridgehead atoms. The van der Waals surface area contributed by atoms with Gasteiger partial charge in [0.1, 0.15) is 5.78 Å². The van der Waals surface area contributed by atoms with Gasteiger partial charge in [-0.05, 0) is 99.2 Å². The molecule has 5 rings (SSSR count). The Morgan fingerprint density at radius 2 is 1.83 bits per heavy atom. The summed E-state index contributed by atoms with van der Waals surface area (Å²) in [4.78, 5) is 15.8. The summed E-state index contributed by atoms with van der Waals surface area (Å²) in [6, 6.07) is 0. The number of ether oxygens (including phenoxy) is 1. The minimum Gasteiger partial charge on any atom is -0.376 e. The van der Waals surface area contributed by atoms with Crippen molar-refractivity contribution in [3.8, 4) is 0 Å². The first-order valence-electron chi connectivity index (χ1n) is 12.8. The van der Waals surface area contributed by atoms with E-state index in [-0.39, 0.29) is 11.5 Å². The van der Waals surface area contributed by atoms with E-state index in [1.165, 1.54) is 51.4 Å². The summed E-state index contributed by atoms with van der Waals surface area (Å²) in [5.41, 5.74) is 0.283. The Morgan fingerprint density at radius 1 is 1.00 bits per heavy atom. The first-order valence-corrected chi connectivity index (χ1v) is 12.8. The standard InChI is InChI=1S/C26H43NO2/c1-17-4-6-20-19(14-17)5-7-22-21(20)10-11-26(3)23(22)8-9-24(26)25(28)16-27-12-13-29-18(2)15-27/h17-24H,4-16H2,1-3H3. The molecule has 0 aromatic rings. The van der Waals surface area contributed by atoms with Gasteiger partial charge in [0.25, 0.3) is 0 Å². The molecule has 5 fully saturated rings. The topological polar surface area (TPSA) is 29.5 Å². The number of nitrogens with zero attached hydrogens (tertiary/aromatic N) is 1. The molecular weight excluding hydrogens is 358 g/mol. The quantitative estimate of drug-likeness (QED) is 0.652. The number of carbonyl (C=O) groups is 1. The highest BCUT2D eigenvalue weighted by Gasteiger charge is 2.58. The van der Waals surface area contributed by atoms with Crippen LogP contribution in [0.5, 0.6) is 0 Å². The fourth-order valence-corrected chi connectivity index (χ4v) is 8.98. The first kappa shape index (κ1) is 20.5. The van der Waals surface area contributed by atoms with Crippen molar-refractivity contribution in [2.45, 2.75) is 84.7 Å². The van der Waals surface area contributed by atoms with Crippen LogP contribution in [-0.4, -0.2) is 43.0 Å². The van der Waals surface area contributed by atoms with Crippen molar-refractivity contribution in [2.75, 3.05) is 26.2 Å². The first-order chi connectivity index (χ1) is 14.0. The van der Waals surface area contributed by atoms with Crippen LogP contribution in [0.4, 0.5) is 0 Å². The Hall–Kier alpha value is -0.410. The van der Waals surface area contributed by atoms with Crippen LogP contribution in [0.3, 0.4) is 0 Å². The molecular formula is C26H43NO2. The fraction of sp³-hybridized carbons (Fsp3) is 0.962. The molecule has 4 saturated carbocycles. The van der Waals surface area contributed by atoms with Crippen molar-refractivity contribution in [3.63, 3.8) is 0 Å². The zero-order valence-electron chi connectivity index (χ0n) is 19.1. The Kier molecular flexibility index (Phi) is 5.60. The van der Waals surface area contributed by atoms with Crippen LogP contribution < -0.4 is 0 Å². The summed E-state index contributed by atoms with van der Waals surface area (Å²) in [5, 5.41) is 0. The number of Topliss-reactive ketones (excluding diaryl/α,β-unsaturated/α-hetero) is 1. The van der Waals surface area contributed by atoms with Crippen LogP contribution in [0.2, 0.25) is 0 Å². The van der Waals surface area contributed by atoms with E-state index in [0.717, 1.165) is 61.6 Å². The summed E-state index contributed by atoms with van der Waals surface area (Å²) in [6.07, 6.45) is 12.9. The monoisotopic (exact) mass is 401 g/mol. The smallest absolute Gasteiger partial charge is 0.150 e. The Morgan fingerprint density at radius 3 is 2.66 bits per heavy atom. The zero-order chi connectivity index (χ0) is 20.2. The van der Waals surface area contributed by atoms with Crippen LogP contribution in [-0.2, 0) is 9.53 Å². The number of fused-ring (bicyclic) bond motifs is 5. The lowest BCUT2D eigenvalue weighted by Gasteiger charge is -2.56. The van der Waals surface area contributed by atoms with Crippen molar-refractivity contribution in [1.29, 1.82) is 0 Å². The van der Waals surface area contributed by atoms with Crippen molar-refractivity contribution in [2.24, 2.45) is 46.8 Å². The molecule has 0 aromatic heterocycles. The molecule has 0 spiro atoms. The second kappa shape index (κ2) is 7.93. The number of carbonyl (C=O) groups excluding carboxylic acids is 1. The number of hydrogen-bond donors (Lipinski definition) is 0. The average molecular weight is 402 g/mol. The lowest BCUT2D eigenvalue weighted by atomic mass is 9.49. The third-order valence-electron chi connectivity index (χ3n) is 10.3. The lowest BCUT2D eigenvalue weighted by Crippen LogP contribution is -2.50. The van der Waals surface area contributed by atoms with Crippen molar-refractivity contribution < 1.29 is 9.53 Å². The van der Waals surface area contributed by atoms with E-state index in [1.54, 1.807) is 0 Å². The molecule has 0 amide bonds. The van der Waals surface area contributed by atoms with Gasteiger partial charge in [-0.15, -0.1) is 0 Å². The summed E-state index contributed by atoms with van der Waals surface area (Å²) in [6.45, 7) is 10.4. The average Bonchev–Trinajstić information content (AvgIpc) is 3.05. The van der Waals surface area contributed by atoms with Crippen molar-refractivity contribution >= 4 is 5.78 Å². The second-order valence-electron chi connectivity index (χ2n) is 11.9. The van der Waals surface area contributed by atoms with Gasteiger partial charge in [-0.3, -0.25) is 9.69 Å². The summed E-state index contributed by atoms with van der Waals surface area (Å²) >= 11 is 0. The van der Waals surface area contributed by atoms with E-state index < -0.39 is 0 Å². The molecule has 1 aliphatic heterocycles. The molecule has 9 unspecified atom stereocenters. The van der Waals surface area contributed by atoms with Gasteiger partial charge in [-0.1, -0.05) is 20.3 Å². The number of morpholine rings is 1. The Labute approximate surface area is 178 Å². The highest BCUT2D eigenvalue weighted by atomic mass is 16.5. The normalized spacial score (nSPS) is 50.4. The van der Waals surface area contributed by atoms with E-state index >= 15 is 0 Å². The maximum absolute atomic E-state index is 13.4. The van der Waals surface area contributed by atoms with Crippen LogP contribution >= 0.6 is 0 Å². The predicted molar refractivity (Wildman–Crippen MR) is 117 cm³/mol. The molecule has 5 aliphatic rings. The number of ketones is 1. The van der Waals surface area contributed by atoms with Crippen LogP contribution in [0.1, 0.15) is 78.6 Å². The summed E-state index contributed by atoms with van der Waals surface area (Å²) in [7, 11) is 0. The number of rotatable bonds is 3. The highest BCUT2D eigenvalue weighted by molar-refractivity contribution is 5.84. The highest BCUT2D eigenvalue weighted by Crippen LogP contribution is 2.64. The van der Waals surface area contributed by atoms with Crippen LogP contribution in [0, 0.1) is 46.8 Å². The van der Waals surface area contributed by atoms with E-state index in [4.69, 9.17) is 4.74 Å². The molecule has 0 aromatic carbocycles. The van der Waals surface area contributed by atoms with Gasteiger partial charge < -0.3 is 4.74 Å². The molecule has 4 aliphatic carbocycles. The van der Waals surface area contributed by atoms with Gasteiger partial charge in [-0.2, -0.15) is 0 Å². The van der Waals surface area contributed by atoms with E-state index in [9.17, 15) is 4.79 Å². The molecule has 164 valence electrons. The molecule has 3 nitrogen and oxygen atoms in total. The van der Waals surface area contributed by atoms with Crippen LogP contribution in [0.25, 0.3) is 0 Å². The third-order valence-corrected chi connectivity index (χ3v) is 10.3. The van der Waals surface area contributed by atoms with Gasteiger partial charge in [0.2, 0.25) is 0 Å². The maximum atomic E-state index is 13.4. The van der Waals surface area contributed by atoms with Gasteiger partial charge in [0, 0.05) is 19.0 Å². The van der Waals surface area contributed by atoms with Crippen LogP contribution in [0.15, 0.2) is 0 Å². The Bertz CT molecular complexity index is 620. The molecule has 9 atom stereocenters. The minimum atomic E-state index is 0.271. The molecule has 1 saturated heterocycles. The number of hydrogen-bond acceptors (Lipinski definition) is 3. The SMILES string of the molecule is CC1CCC2C(CCC3C2CCC2(C)C(C(=O)CN4CCOC(C)C4)CCC32)C1. The maximum Gasteiger partial charge on any atom is 0.150 e.